The van der Waals surface area contributed by atoms with E-state index in [4.69, 9.17) is 16.0 Å². The van der Waals surface area contributed by atoms with E-state index in [2.05, 4.69) is 15.6 Å². The zero-order chi connectivity index (χ0) is 13.7. The summed E-state index contributed by atoms with van der Waals surface area (Å²) in [7, 11) is 0. The van der Waals surface area contributed by atoms with E-state index in [1.165, 1.54) is 0 Å². The van der Waals surface area contributed by atoms with Crippen molar-refractivity contribution in [2.24, 2.45) is 0 Å². The molecule has 0 radical (unpaired) electrons. The van der Waals surface area contributed by atoms with Gasteiger partial charge in [-0.15, -0.1) is 0 Å². The summed E-state index contributed by atoms with van der Waals surface area (Å²) in [6.45, 7) is 3.05. The van der Waals surface area contributed by atoms with Gasteiger partial charge in [0.25, 0.3) is 5.91 Å². The van der Waals surface area contributed by atoms with Gasteiger partial charge in [-0.1, -0.05) is 11.6 Å². The number of anilines is 1. The van der Waals surface area contributed by atoms with Gasteiger partial charge in [-0.3, -0.25) is 4.79 Å². The summed E-state index contributed by atoms with van der Waals surface area (Å²) in [5, 5.41) is 6.10. The molecule has 0 aromatic carbocycles. The number of carbonyl (C=O) groups is 1. The number of hydrogen-bond donors (Lipinski definition) is 2. The van der Waals surface area contributed by atoms with Crippen molar-refractivity contribution in [1.82, 2.24) is 10.3 Å². The van der Waals surface area contributed by atoms with Gasteiger partial charge < -0.3 is 15.1 Å². The Morgan fingerprint density at radius 1 is 1.42 bits per heavy atom. The fourth-order valence-corrected chi connectivity index (χ4v) is 1.73. The van der Waals surface area contributed by atoms with Gasteiger partial charge in [0.15, 0.2) is 0 Å². The van der Waals surface area contributed by atoms with Crippen LogP contribution < -0.4 is 10.6 Å². The molecule has 0 aliphatic carbocycles. The number of furan rings is 1. The number of carbonyl (C=O) groups excluding carboxylic acids is 1. The van der Waals surface area contributed by atoms with Crippen LogP contribution in [0, 0.1) is 0 Å². The van der Waals surface area contributed by atoms with Crippen LogP contribution in [0.5, 0.6) is 0 Å². The lowest BCUT2D eigenvalue weighted by Crippen LogP contribution is -2.24. The lowest BCUT2D eigenvalue weighted by Gasteiger charge is -2.08. The highest BCUT2D eigenvalue weighted by Crippen LogP contribution is 2.16. The highest BCUT2D eigenvalue weighted by Gasteiger charge is 2.13. The molecule has 2 N–H and O–H groups in total. The minimum atomic E-state index is -0.314. The molecule has 19 heavy (non-hydrogen) atoms. The second kappa shape index (κ2) is 6.24. The van der Waals surface area contributed by atoms with E-state index < -0.39 is 0 Å². The van der Waals surface area contributed by atoms with E-state index in [-0.39, 0.29) is 11.6 Å². The van der Waals surface area contributed by atoms with E-state index in [1.54, 1.807) is 30.7 Å². The molecule has 0 unspecified atom stereocenters. The van der Waals surface area contributed by atoms with Crippen LogP contribution >= 0.6 is 11.6 Å². The van der Waals surface area contributed by atoms with Gasteiger partial charge in [0.2, 0.25) is 0 Å². The first kappa shape index (κ1) is 13.4. The van der Waals surface area contributed by atoms with Crippen molar-refractivity contribution in [2.45, 2.75) is 13.5 Å². The molecule has 0 bridgehead atoms. The molecule has 0 saturated heterocycles. The highest BCUT2D eigenvalue weighted by molar-refractivity contribution is 6.33. The van der Waals surface area contributed by atoms with Gasteiger partial charge in [-0.2, -0.15) is 0 Å². The molecule has 6 heteroatoms. The van der Waals surface area contributed by atoms with E-state index in [9.17, 15) is 4.79 Å². The minimum absolute atomic E-state index is 0.212. The number of rotatable bonds is 5. The summed E-state index contributed by atoms with van der Waals surface area (Å²) in [4.78, 5) is 16.2. The van der Waals surface area contributed by atoms with E-state index >= 15 is 0 Å². The SMILES string of the molecule is CCNc1ccc(Cl)c(C(=O)NCc2ccoc2)n1. The predicted molar refractivity (Wildman–Crippen MR) is 73.3 cm³/mol. The number of nitrogens with zero attached hydrogens (tertiary/aromatic N) is 1. The van der Waals surface area contributed by atoms with Crippen LogP contribution in [0.4, 0.5) is 5.82 Å². The molecule has 0 saturated carbocycles. The lowest BCUT2D eigenvalue weighted by atomic mass is 10.3. The monoisotopic (exact) mass is 279 g/mol. The van der Waals surface area contributed by atoms with Gasteiger partial charge in [0, 0.05) is 18.7 Å². The van der Waals surface area contributed by atoms with Crippen molar-refractivity contribution in [3.8, 4) is 0 Å². The van der Waals surface area contributed by atoms with Crippen molar-refractivity contribution < 1.29 is 9.21 Å². The molecule has 2 aromatic heterocycles. The predicted octanol–water partition coefficient (Wildman–Crippen LogP) is 2.69. The van der Waals surface area contributed by atoms with Crippen LogP contribution in [0.3, 0.4) is 0 Å². The Bertz CT molecular complexity index is 555. The summed E-state index contributed by atoms with van der Waals surface area (Å²) >= 11 is 5.98. The maximum Gasteiger partial charge on any atom is 0.271 e. The maximum absolute atomic E-state index is 12.0. The molecule has 2 heterocycles. The Labute approximate surface area is 116 Å². The standard InChI is InChI=1S/C13H14ClN3O2/c1-2-15-11-4-3-10(14)12(17-11)13(18)16-7-9-5-6-19-8-9/h3-6,8H,2,7H2,1H3,(H,15,17)(H,16,18). The number of amides is 1. The number of nitrogens with one attached hydrogen (secondary N) is 2. The zero-order valence-electron chi connectivity index (χ0n) is 10.4. The van der Waals surface area contributed by atoms with Crippen LogP contribution in [-0.2, 0) is 6.54 Å². The molecule has 0 atom stereocenters. The Kier molecular flexibility index (Phi) is 4.41. The fourth-order valence-electron chi connectivity index (χ4n) is 1.54. The first-order valence-corrected chi connectivity index (χ1v) is 6.28. The topological polar surface area (TPSA) is 67.2 Å². The molecule has 0 spiro atoms. The summed E-state index contributed by atoms with van der Waals surface area (Å²) in [5.74, 6) is 0.311. The highest BCUT2D eigenvalue weighted by atomic mass is 35.5. The van der Waals surface area contributed by atoms with Crippen LogP contribution in [0.1, 0.15) is 23.0 Å². The van der Waals surface area contributed by atoms with E-state index in [0.717, 1.165) is 12.1 Å². The van der Waals surface area contributed by atoms with Gasteiger partial charge in [0.05, 0.1) is 17.5 Å². The van der Waals surface area contributed by atoms with Crippen molar-refractivity contribution in [3.05, 3.63) is 47.0 Å². The van der Waals surface area contributed by atoms with Crippen LogP contribution in [0.2, 0.25) is 5.02 Å². The molecule has 1 amide bonds. The number of hydrogen-bond acceptors (Lipinski definition) is 4. The quantitative estimate of drug-likeness (QED) is 0.883. The summed E-state index contributed by atoms with van der Waals surface area (Å²) < 4.78 is 4.92. The minimum Gasteiger partial charge on any atom is -0.472 e. The number of pyridine rings is 1. The molecule has 5 nitrogen and oxygen atoms in total. The number of halogens is 1. The third-order valence-corrected chi connectivity index (χ3v) is 2.76. The summed E-state index contributed by atoms with van der Waals surface area (Å²) in [5.41, 5.74) is 1.09. The second-order valence-corrected chi connectivity index (χ2v) is 4.28. The molecule has 0 aliphatic heterocycles. The van der Waals surface area contributed by atoms with Gasteiger partial charge >= 0.3 is 0 Å². The molecular formula is C13H14ClN3O2. The van der Waals surface area contributed by atoms with Gasteiger partial charge in [0.1, 0.15) is 11.5 Å². The van der Waals surface area contributed by atoms with E-state index in [1.807, 2.05) is 6.92 Å². The number of aromatic nitrogens is 1. The van der Waals surface area contributed by atoms with Crippen molar-refractivity contribution in [2.75, 3.05) is 11.9 Å². The van der Waals surface area contributed by atoms with Gasteiger partial charge in [-0.25, -0.2) is 4.98 Å². The molecular weight excluding hydrogens is 266 g/mol. The second-order valence-electron chi connectivity index (χ2n) is 3.87. The average molecular weight is 280 g/mol. The van der Waals surface area contributed by atoms with Gasteiger partial charge in [-0.05, 0) is 25.1 Å². The first-order chi connectivity index (χ1) is 9.20. The van der Waals surface area contributed by atoms with Crippen molar-refractivity contribution in [3.63, 3.8) is 0 Å². The van der Waals surface area contributed by atoms with Crippen molar-refractivity contribution in [1.29, 1.82) is 0 Å². The molecule has 2 aromatic rings. The normalized spacial score (nSPS) is 10.2. The largest absolute Gasteiger partial charge is 0.472 e. The Morgan fingerprint density at radius 3 is 2.95 bits per heavy atom. The van der Waals surface area contributed by atoms with Crippen molar-refractivity contribution >= 4 is 23.3 Å². The maximum atomic E-state index is 12.0. The Balaban J connectivity index is 2.07. The average Bonchev–Trinajstić information content (AvgIpc) is 2.92. The van der Waals surface area contributed by atoms with Crippen LogP contribution in [-0.4, -0.2) is 17.4 Å². The zero-order valence-corrected chi connectivity index (χ0v) is 11.2. The molecule has 2 rings (SSSR count). The molecule has 0 aliphatic rings. The Morgan fingerprint density at radius 2 is 2.26 bits per heavy atom. The summed E-state index contributed by atoms with van der Waals surface area (Å²) in [6.07, 6.45) is 3.13. The third kappa shape index (κ3) is 3.48. The fraction of sp³-hybridized carbons (Fsp3) is 0.231. The lowest BCUT2D eigenvalue weighted by molar-refractivity contribution is 0.0946. The first-order valence-electron chi connectivity index (χ1n) is 5.90. The molecule has 100 valence electrons. The van der Waals surface area contributed by atoms with Crippen LogP contribution in [0.25, 0.3) is 0 Å². The molecule has 0 fully saturated rings. The van der Waals surface area contributed by atoms with Crippen LogP contribution in [0.15, 0.2) is 35.1 Å². The Hall–Kier alpha value is -2.01. The summed E-state index contributed by atoms with van der Waals surface area (Å²) in [6, 6.07) is 5.17. The van der Waals surface area contributed by atoms with E-state index in [0.29, 0.717) is 17.4 Å². The third-order valence-electron chi connectivity index (χ3n) is 2.45. The smallest absolute Gasteiger partial charge is 0.271 e.